The zero-order valence-electron chi connectivity index (χ0n) is 7.81. The van der Waals surface area contributed by atoms with Gasteiger partial charge < -0.3 is 5.32 Å². The molecule has 0 heterocycles. The van der Waals surface area contributed by atoms with Crippen LogP contribution in [0.25, 0.3) is 0 Å². The lowest BCUT2D eigenvalue weighted by Crippen LogP contribution is -2.07. The molecule has 1 fully saturated rings. The quantitative estimate of drug-likeness (QED) is 0.751. The minimum absolute atomic E-state index is 0.0984. The molecule has 0 amide bonds. The van der Waals surface area contributed by atoms with Crippen molar-refractivity contribution in [3.05, 3.63) is 35.1 Å². The second-order valence-corrected chi connectivity index (χ2v) is 3.66. The fourth-order valence-electron chi connectivity index (χ4n) is 1.59. The molecule has 1 aromatic rings. The van der Waals surface area contributed by atoms with Gasteiger partial charge in [0, 0.05) is 12.1 Å². The molecule has 1 aliphatic carbocycles. The van der Waals surface area contributed by atoms with Crippen molar-refractivity contribution in [2.45, 2.75) is 25.3 Å². The van der Waals surface area contributed by atoms with E-state index in [0.717, 1.165) is 5.56 Å². The summed E-state index contributed by atoms with van der Waals surface area (Å²) in [4.78, 5) is 0. The summed E-state index contributed by atoms with van der Waals surface area (Å²) in [5.74, 6) is 0.606. The first-order chi connectivity index (χ1) is 6.31. The van der Waals surface area contributed by atoms with E-state index in [1.54, 1.807) is 6.07 Å². The van der Waals surface area contributed by atoms with Crippen molar-refractivity contribution in [1.29, 1.82) is 0 Å². The molecule has 0 bridgehead atoms. The molecule has 0 radical (unpaired) electrons. The number of hydrogen-bond acceptors (Lipinski definition) is 1. The van der Waals surface area contributed by atoms with Crippen LogP contribution in [0.2, 0.25) is 0 Å². The maximum Gasteiger partial charge on any atom is 0.127 e. The molecule has 1 saturated carbocycles. The third-order valence-corrected chi connectivity index (χ3v) is 2.49. The van der Waals surface area contributed by atoms with Crippen molar-refractivity contribution < 1.29 is 4.39 Å². The van der Waals surface area contributed by atoms with Crippen molar-refractivity contribution in [2.24, 2.45) is 0 Å². The van der Waals surface area contributed by atoms with Crippen LogP contribution in [0.3, 0.4) is 0 Å². The number of rotatable bonds is 3. The molecule has 0 aromatic heterocycles. The van der Waals surface area contributed by atoms with Crippen LogP contribution in [0.5, 0.6) is 0 Å². The van der Waals surface area contributed by atoms with Crippen molar-refractivity contribution in [3.8, 4) is 0 Å². The first-order valence-electron chi connectivity index (χ1n) is 4.74. The fraction of sp³-hybridized carbons (Fsp3) is 0.455. The Morgan fingerprint density at radius 1 is 1.46 bits per heavy atom. The number of nitrogens with one attached hydrogen (secondary N) is 1. The van der Waals surface area contributed by atoms with Crippen LogP contribution in [0.4, 0.5) is 4.39 Å². The van der Waals surface area contributed by atoms with Crippen LogP contribution < -0.4 is 5.32 Å². The summed E-state index contributed by atoms with van der Waals surface area (Å²) in [7, 11) is 1.84. The van der Waals surface area contributed by atoms with Gasteiger partial charge in [-0.25, -0.2) is 4.39 Å². The molecule has 0 unspecified atom stereocenters. The van der Waals surface area contributed by atoms with E-state index in [0.29, 0.717) is 12.5 Å². The summed E-state index contributed by atoms with van der Waals surface area (Å²) in [6.07, 6.45) is 2.54. The highest BCUT2D eigenvalue weighted by Crippen LogP contribution is 2.40. The van der Waals surface area contributed by atoms with Crippen LogP contribution in [0.15, 0.2) is 18.2 Å². The Morgan fingerprint density at radius 2 is 2.23 bits per heavy atom. The Hall–Kier alpha value is -0.890. The Kier molecular flexibility index (Phi) is 2.32. The van der Waals surface area contributed by atoms with Crippen molar-refractivity contribution >= 4 is 0 Å². The molecule has 0 saturated heterocycles. The van der Waals surface area contributed by atoms with Gasteiger partial charge in [0.15, 0.2) is 0 Å². The van der Waals surface area contributed by atoms with Gasteiger partial charge in [-0.05, 0) is 37.4 Å². The summed E-state index contributed by atoms with van der Waals surface area (Å²) in [6, 6.07) is 5.48. The number of benzene rings is 1. The lowest BCUT2D eigenvalue weighted by Gasteiger charge is -2.04. The predicted molar refractivity (Wildman–Crippen MR) is 51.1 cm³/mol. The number of halogens is 1. The van der Waals surface area contributed by atoms with E-state index in [-0.39, 0.29) is 5.82 Å². The van der Waals surface area contributed by atoms with Gasteiger partial charge in [-0.3, -0.25) is 0 Å². The van der Waals surface area contributed by atoms with Gasteiger partial charge in [0.25, 0.3) is 0 Å². The first-order valence-corrected chi connectivity index (χ1v) is 4.74. The Bertz CT molecular complexity index is 305. The Balaban J connectivity index is 2.25. The van der Waals surface area contributed by atoms with Crippen LogP contribution >= 0.6 is 0 Å². The molecule has 2 rings (SSSR count). The zero-order valence-corrected chi connectivity index (χ0v) is 7.81. The average molecular weight is 179 g/mol. The van der Waals surface area contributed by atoms with Crippen LogP contribution in [0, 0.1) is 5.82 Å². The molecule has 0 aliphatic heterocycles. The molecule has 1 aliphatic rings. The lowest BCUT2D eigenvalue weighted by atomic mass is 10.1. The second kappa shape index (κ2) is 3.46. The smallest absolute Gasteiger partial charge is 0.127 e. The average Bonchev–Trinajstić information content (AvgIpc) is 2.92. The van der Waals surface area contributed by atoms with E-state index in [4.69, 9.17) is 0 Å². The van der Waals surface area contributed by atoms with E-state index >= 15 is 0 Å². The summed E-state index contributed by atoms with van der Waals surface area (Å²) in [6.45, 7) is 0.617. The normalized spacial score (nSPS) is 16.2. The third-order valence-electron chi connectivity index (χ3n) is 2.49. The Labute approximate surface area is 78.0 Å². The molecule has 13 heavy (non-hydrogen) atoms. The predicted octanol–water partition coefficient (Wildman–Crippen LogP) is 2.42. The monoisotopic (exact) mass is 179 g/mol. The van der Waals surface area contributed by atoms with Crippen molar-refractivity contribution in [1.82, 2.24) is 5.32 Å². The molecule has 70 valence electrons. The molecule has 1 N–H and O–H groups in total. The van der Waals surface area contributed by atoms with Gasteiger partial charge in [-0.15, -0.1) is 0 Å². The van der Waals surface area contributed by atoms with Crippen molar-refractivity contribution in [3.63, 3.8) is 0 Å². The minimum Gasteiger partial charge on any atom is -0.316 e. The largest absolute Gasteiger partial charge is 0.316 e. The Morgan fingerprint density at radius 3 is 2.85 bits per heavy atom. The maximum atomic E-state index is 13.2. The molecule has 0 spiro atoms. The van der Waals surface area contributed by atoms with Crippen LogP contribution in [-0.4, -0.2) is 7.05 Å². The van der Waals surface area contributed by atoms with Gasteiger partial charge in [-0.1, -0.05) is 12.1 Å². The SMILES string of the molecule is CNCc1cc(C2CC2)ccc1F. The number of hydrogen-bond donors (Lipinski definition) is 1. The highest BCUT2D eigenvalue weighted by molar-refractivity contribution is 5.30. The van der Waals surface area contributed by atoms with Gasteiger partial charge >= 0.3 is 0 Å². The van der Waals surface area contributed by atoms with Crippen LogP contribution in [-0.2, 0) is 6.54 Å². The van der Waals surface area contributed by atoms with Gasteiger partial charge in [0.05, 0.1) is 0 Å². The lowest BCUT2D eigenvalue weighted by molar-refractivity contribution is 0.600. The highest BCUT2D eigenvalue weighted by atomic mass is 19.1. The summed E-state index contributed by atoms with van der Waals surface area (Å²) in [5, 5.41) is 2.97. The molecule has 1 aromatic carbocycles. The maximum absolute atomic E-state index is 13.2. The van der Waals surface area contributed by atoms with E-state index in [1.165, 1.54) is 18.4 Å². The topological polar surface area (TPSA) is 12.0 Å². The minimum atomic E-state index is -0.0984. The first kappa shape index (κ1) is 8.70. The van der Waals surface area contributed by atoms with E-state index in [2.05, 4.69) is 5.32 Å². The molecule has 1 nitrogen and oxygen atoms in total. The van der Waals surface area contributed by atoms with Gasteiger partial charge in [-0.2, -0.15) is 0 Å². The summed E-state index contributed by atoms with van der Waals surface area (Å²) in [5.41, 5.74) is 2.08. The second-order valence-electron chi connectivity index (χ2n) is 3.66. The van der Waals surface area contributed by atoms with E-state index in [1.807, 2.05) is 19.2 Å². The van der Waals surface area contributed by atoms with Gasteiger partial charge in [0.2, 0.25) is 0 Å². The molecular formula is C11H14FN. The van der Waals surface area contributed by atoms with Gasteiger partial charge in [0.1, 0.15) is 5.82 Å². The van der Waals surface area contributed by atoms with Crippen molar-refractivity contribution in [2.75, 3.05) is 7.05 Å². The summed E-state index contributed by atoms with van der Waals surface area (Å²) < 4.78 is 13.2. The molecule has 2 heteroatoms. The standard InChI is InChI=1S/C11H14FN/c1-13-7-10-6-9(8-2-3-8)4-5-11(10)12/h4-6,8,13H,2-3,7H2,1H3. The molecule has 0 atom stereocenters. The highest BCUT2D eigenvalue weighted by Gasteiger charge is 2.23. The van der Waals surface area contributed by atoms with E-state index < -0.39 is 0 Å². The zero-order chi connectivity index (χ0) is 9.26. The van der Waals surface area contributed by atoms with E-state index in [9.17, 15) is 4.39 Å². The van der Waals surface area contributed by atoms with Crippen LogP contribution in [0.1, 0.15) is 29.9 Å². The fourth-order valence-corrected chi connectivity index (χ4v) is 1.59. The molecular weight excluding hydrogens is 165 g/mol. The third kappa shape index (κ3) is 1.89. The summed E-state index contributed by atoms with van der Waals surface area (Å²) >= 11 is 0.